The fourth-order valence-corrected chi connectivity index (χ4v) is 2.41. The number of hydrogen-bond acceptors (Lipinski definition) is 3. The summed E-state index contributed by atoms with van der Waals surface area (Å²) in [5.74, 6) is -0.172. The highest BCUT2D eigenvalue weighted by molar-refractivity contribution is 6.30. The Bertz CT molecular complexity index is 778. The first-order valence-corrected chi connectivity index (χ1v) is 7.48. The number of hydrogen-bond donors (Lipinski definition) is 1. The third-order valence-electron chi connectivity index (χ3n) is 3.38. The van der Waals surface area contributed by atoms with E-state index in [-0.39, 0.29) is 22.9 Å². The summed E-state index contributed by atoms with van der Waals surface area (Å²) >= 11 is 5.62. The first kappa shape index (κ1) is 19.1. The van der Waals surface area contributed by atoms with E-state index in [2.05, 4.69) is 5.32 Å². The van der Waals surface area contributed by atoms with Crippen molar-refractivity contribution in [1.29, 1.82) is 0 Å². The maximum atomic E-state index is 13.1. The van der Waals surface area contributed by atoms with Crippen LogP contribution in [0.4, 0.5) is 18.9 Å². The molecule has 0 aliphatic heterocycles. The molecule has 1 N–H and O–H groups in total. The van der Waals surface area contributed by atoms with Gasteiger partial charge in [-0.25, -0.2) is 0 Å². The third kappa shape index (κ3) is 4.64. The molecule has 1 amide bonds. The molecule has 2 rings (SSSR count). The normalized spacial score (nSPS) is 11.3. The van der Waals surface area contributed by atoms with Gasteiger partial charge in [0.2, 0.25) is 0 Å². The lowest BCUT2D eigenvalue weighted by atomic mass is 10.1. The van der Waals surface area contributed by atoms with Gasteiger partial charge in [-0.15, -0.1) is 0 Å². The molecule has 25 heavy (non-hydrogen) atoms. The Labute approximate surface area is 147 Å². The lowest BCUT2D eigenvalue weighted by molar-refractivity contribution is -0.136. The molecule has 2 aromatic carbocycles. The molecule has 0 unspecified atom stereocenters. The second kappa shape index (κ2) is 7.76. The number of methoxy groups -OCH3 is 2. The maximum Gasteiger partial charge on any atom is 0.418 e. The van der Waals surface area contributed by atoms with Crippen molar-refractivity contribution in [1.82, 2.24) is 0 Å². The van der Waals surface area contributed by atoms with Crippen LogP contribution in [0.3, 0.4) is 0 Å². The van der Waals surface area contributed by atoms with Gasteiger partial charge in [-0.2, -0.15) is 13.2 Å². The van der Waals surface area contributed by atoms with E-state index in [1.165, 1.54) is 32.4 Å². The highest BCUT2D eigenvalue weighted by Gasteiger charge is 2.34. The molecule has 0 fully saturated rings. The van der Waals surface area contributed by atoms with Crippen molar-refractivity contribution in [2.24, 2.45) is 0 Å². The number of halogens is 4. The monoisotopic (exact) mass is 373 g/mol. The molecule has 0 bridgehead atoms. The van der Waals surface area contributed by atoms with Crippen LogP contribution in [-0.2, 0) is 17.5 Å². The van der Waals surface area contributed by atoms with Crippen LogP contribution in [0.5, 0.6) is 5.75 Å². The molecule has 0 aliphatic rings. The fraction of sp³-hybridized carbons (Fsp3) is 0.235. The van der Waals surface area contributed by atoms with Gasteiger partial charge in [0.05, 0.1) is 25.0 Å². The summed E-state index contributed by atoms with van der Waals surface area (Å²) in [5, 5.41) is 2.20. The van der Waals surface area contributed by atoms with Crippen LogP contribution in [0.2, 0.25) is 5.02 Å². The summed E-state index contributed by atoms with van der Waals surface area (Å²) in [6, 6.07) is 7.66. The SMILES string of the molecule is COCc1cc(C(=O)Nc2ccc(Cl)cc2C(F)(F)F)ccc1OC. The first-order chi connectivity index (χ1) is 11.8. The molecule has 0 aliphatic carbocycles. The van der Waals surface area contributed by atoms with E-state index in [1.54, 1.807) is 6.07 Å². The zero-order valence-electron chi connectivity index (χ0n) is 13.4. The minimum Gasteiger partial charge on any atom is -0.496 e. The van der Waals surface area contributed by atoms with E-state index in [1.807, 2.05) is 0 Å². The number of benzene rings is 2. The van der Waals surface area contributed by atoms with Crippen molar-refractivity contribution in [3.05, 3.63) is 58.1 Å². The molecule has 8 heteroatoms. The molecule has 0 radical (unpaired) electrons. The highest BCUT2D eigenvalue weighted by atomic mass is 35.5. The van der Waals surface area contributed by atoms with Crippen molar-refractivity contribution in [3.63, 3.8) is 0 Å². The zero-order chi connectivity index (χ0) is 18.6. The van der Waals surface area contributed by atoms with E-state index in [0.717, 1.165) is 12.1 Å². The number of carbonyl (C=O) groups is 1. The maximum absolute atomic E-state index is 13.1. The number of amides is 1. The minimum absolute atomic E-state index is 0.0721. The largest absolute Gasteiger partial charge is 0.496 e. The molecule has 0 heterocycles. The van der Waals surface area contributed by atoms with Gasteiger partial charge in [-0.3, -0.25) is 4.79 Å². The van der Waals surface area contributed by atoms with Gasteiger partial charge in [0.1, 0.15) is 5.75 Å². The summed E-state index contributed by atoms with van der Waals surface area (Å²) in [7, 11) is 2.95. The molecule has 0 aromatic heterocycles. The topological polar surface area (TPSA) is 47.6 Å². The third-order valence-corrected chi connectivity index (χ3v) is 3.61. The second-order valence-corrected chi connectivity index (χ2v) is 5.54. The lowest BCUT2D eigenvalue weighted by Gasteiger charge is -2.15. The number of alkyl halides is 3. The molecule has 0 saturated carbocycles. The van der Waals surface area contributed by atoms with Crippen molar-refractivity contribution >= 4 is 23.2 Å². The number of anilines is 1. The summed E-state index contributed by atoms with van der Waals surface area (Å²) in [6.07, 6.45) is -4.64. The van der Waals surface area contributed by atoms with Gasteiger partial charge in [-0.1, -0.05) is 11.6 Å². The van der Waals surface area contributed by atoms with E-state index in [9.17, 15) is 18.0 Å². The minimum atomic E-state index is -4.64. The molecular formula is C17H15ClF3NO3. The number of nitrogens with one attached hydrogen (secondary N) is 1. The Balaban J connectivity index is 2.33. The van der Waals surface area contributed by atoms with Crippen LogP contribution in [0.25, 0.3) is 0 Å². The van der Waals surface area contributed by atoms with Gasteiger partial charge in [-0.05, 0) is 36.4 Å². The molecule has 0 saturated heterocycles. The highest BCUT2D eigenvalue weighted by Crippen LogP contribution is 2.36. The first-order valence-electron chi connectivity index (χ1n) is 7.10. The molecule has 0 spiro atoms. The quantitative estimate of drug-likeness (QED) is 0.821. The van der Waals surface area contributed by atoms with Crippen molar-refractivity contribution < 1.29 is 27.4 Å². The van der Waals surface area contributed by atoms with Crippen LogP contribution < -0.4 is 10.1 Å². The van der Waals surface area contributed by atoms with Gasteiger partial charge in [0.25, 0.3) is 5.91 Å². The zero-order valence-corrected chi connectivity index (χ0v) is 14.2. The Hall–Kier alpha value is -2.25. The van der Waals surface area contributed by atoms with Crippen molar-refractivity contribution in [3.8, 4) is 5.75 Å². The number of ether oxygens (including phenoxy) is 2. The fourth-order valence-electron chi connectivity index (χ4n) is 2.24. The van der Waals surface area contributed by atoms with Crippen molar-refractivity contribution in [2.75, 3.05) is 19.5 Å². The van der Waals surface area contributed by atoms with E-state index in [0.29, 0.717) is 11.3 Å². The summed E-state index contributed by atoms with van der Waals surface area (Å²) in [6.45, 7) is 0.193. The van der Waals surface area contributed by atoms with E-state index >= 15 is 0 Å². The predicted octanol–water partition coefficient (Wildman–Crippen LogP) is 4.77. The van der Waals surface area contributed by atoms with Crippen LogP contribution in [-0.4, -0.2) is 20.1 Å². The summed E-state index contributed by atoms with van der Waals surface area (Å²) < 4.78 is 49.5. The average Bonchev–Trinajstić information content (AvgIpc) is 2.55. The van der Waals surface area contributed by atoms with Crippen LogP contribution >= 0.6 is 11.6 Å². The molecule has 134 valence electrons. The summed E-state index contributed by atoms with van der Waals surface area (Å²) in [4.78, 5) is 12.3. The van der Waals surface area contributed by atoms with Gasteiger partial charge in [0.15, 0.2) is 0 Å². The number of rotatable bonds is 5. The van der Waals surface area contributed by atoms with Crippen LogP contribution in [0, 0.1) is 0 Å². The van der Waals surface area contributed by atoms with Crippen LogP contribution in [0.1, 0.15) is 21.5 Å². The Morgan fingerprint density at radius 2 is 1.88 bits per heavy atom. The van der Waals surface area contributed by atoms with Crippen LogP contribution in [0.15, 0.2) is 36.4 Å². The second-order valence-electron chi connectivity index (χ2n) is 5.10. The average molecular weight is 374 g/mol. The van der Waals surface area contributed by atoms with E-state index < -0.39 is 17.6 Å². The molecular weight excluding hydrogens is 359 g/mol. The smallest absolute Gasteiger partial charge is 0.418 e. The Morgan fingerprint density at radius 3 is 2.48 bits per heavy atom. The molecule has 4 nitrogen and oxygen atoms in total. The van der Waals surface area contributed by atoms with Gasteiger partial charge < -0.3 is 14.8 Å². The Morgan fingerprint density at radius 1 is 1.16 bits per heavy atom. The van der Waals surface area contributed by atoms with Gasteiger partial charge >= 0.3 is 6.18 Å². The van der Waals surface area contributed by atoms with Gasteiger partial charge in [0, 0.05) is 23.3 Å². The summed E-state index contributed by atoms with van der Waals surface area (Å²) in [5.41, 5.74) is -0.606. The lowest BCUT2D eigenvalue weighted by Crippen LogP contribution is -2.17. The molecule has 0 atom stereocenters. The molecule has 2 aromatic rings. The van der Waals surface area contributed by atoms with E-state index in [4.69, 9.17) is 21.1 Å². The standard InChI is InChI=1S/C17H15ClF3NO3/c1-24-9-11-7-10(3-6-15(11)25-2)16(23)22-14-5-4-12(18)8-13(14)17(19,20)21/h3-8H,9H2,1-2H3,(H,22,23). The predicted molar refractivity (Wildman–Crippen MR) is 88.1 cm³/mol. The Kier molecular flexibility index (Phi) is 5.92. The number of carbonyl (C=O) groups excluding carboxylic acids is 1. The van der Waals surface area contributed by atoms with Crippen molar-refractivity contribution in [2.45, 2.75) is 12.8 Å².